The lowest BCUT2D eigenvalue weighted by atomic mass is 10.1. The number of methoxy groups -OCH3 is 1. The smallest absolute Gasteiger partial charge is 0.302 e. The first-order valence-electron chi connectivity index (χ1n) is 9.73. The van der Waals surface area contributed by atoms with Crippen molar-refractivity contribution in [2.45, 2.75) is 26.4 Å². The fraction of sp³-hybridized carbons (Fsp3) is 0.429. The van der Waals surface area contributed by atoms with Gasteiger partial charge in [0.05, 0.1) is 12.3 Å². The van der Waals surface area contributed by atoms with Crippen LogP contribution in [0.2, 0.25) is 0 Å². The molecule has 2 heterocycles. The van der Waals surface area contributed by atoms with E-state index in [1.807, 2.05) is 0 Å². The minimum atomic E-state index is -0.337. The molecule has 0 amide bonds. The fourth-order valence-corrected chi connectivity index (χ4v) is 3.11. The second-order valence-corrected chi connectivity index (χ2v) is 6.80. The first-order valence-corrected chi connectivity index (χ1v) is 9.73. The van der Waals surface area contributed by atoms with E-state index < -0.39 is 0 Å². The van der Waals surface area contributed by atoms with Crippen LogP contribution in [0, 0.1) is 5.82 Å². The summed E-state index contributed by atoms with van der Waals surface area (Å²) in [5, 5.41) is 4.10. The van der Waals surface area contributed by atoms with Gasteiger partial charge in [0.15, 0.2) is 6.61 Å². The summed E-state index contributed by atoms with van der Waals surface area (Å²) >= 11 is 0. The van der Waals surface area contributed by atoms with E-state index in [0.717, 1.165) is 18.6 Å². The Bertz CT molecular complexity index is 879. The van der Waals surface area contributed by atoms with Crippen molar-refractivity contribution < 1.29 is 23.5 Å². The van der Waals surface area contributed by atoms with Crippen LogP contribution in [0.3, 0.4) is 0 Å². The number of halogens is 1. The van der Waals surface area contributed by atoms with Crippen LogP contribution in [0.15, 0.2) is 35.7 Å². The number of carbonyl (C=O) groups excluding carboxylic acids is 1. The van der Waals surface area contributed by atoms with Gasteiger partial charge in [-0.3, -0.25) is 4.79 Å². The molecule has 0 aliphatic carbocycles. The molecule has 0 atom stereocenters. The number of benzene rings is 1. The highest BCUT2D eigenvalue weighted by molar-refractivity contribution is 5.86. The Kier molecular flexibility index (Phi) is 7.67. The number of rotatable bonds is 8. The molecule has 1 aliphatic heterocycles. The normalized spacial score (nSPS) is 13.8. The lowest BCUT2D eigenvalue weighted by molar-refractivity contribution is -0.142. The van der Waals surface area contributed by atoms with Crippen molar-refractivity contribution in [2.24, 2.45) is 5.16 Å². The first-order chi connectivity index (χ1) is 14.6. The number of hydrogen-bond donors (Lipinski definition) is 0. The van der Waals surface area contributed by atoms with Gasteiger partial charge in [-0.25, -0.2) is 14.4 Å². The molecule has 1 aromatic carbocycles. The lowest BCUT2D eigenvalue weighted by Gasteiger charge is -2.27. The minimum absolute atomic E-state index is 0.188. The molecule has 0 unspecified atom stereocenters. The third-order valence-electron chi connectivity index (χ3n) is 4.62. The zero-order chi connectivity index (χ0) is 21.3. The van der Waals surface area contributed by atoms with Crippen molar-refractivity contribution in [3.63, 3.8) is 0 Å². The van der Waals surface area contributed by atoms with E-state index in [2.05, 4.69) is 20.0 Å². The SMILES string of the molecule is COCc1cccc(-c2cnc(N3CCC(=NOCCOC(C)=O)CC3)nc2)c1F. The van der Waals surface area contributed by atoms with E-state index in [4.69, 9.17) is 14.3 Å². The van der Waals surface area contributed by atoms with Crippen LogP contribution < -0.4 is 4.90 Å². The molecule has 9 heteroatoms. The summed E-state index contributed by atoms with van der Waals surface area (Å²) in [4.78, 5) is 26.8. The summed E-state index contributed by atoms with van der Waals surface area (Å²) < 4.78 is 24.5. The van der Waals surface area contributed by atoms with Gasteiger partial charge in [-0.15, -0.1) is 0 Å². The number of carbonyl (C=O) groups is 1. The highest BCUT2D eigenvalue weighted by Crippen LogP contribution is 2.25. The number of piperidine rings is 1. The van der Waals surface area contributed by atoms with Crippen molar-refractivity contribution in [1.82, 2.24) is 9.97 Å². The predicted octanol–water partition coefficient (Wildman–Crippen LogP) is 2.97. The van der Waals surface area contributed by atoms with E-state index >= 15 is 0 Å². The molecule has 0 spiro atoms. The van der Waals surface area contributed by atoms with Crippen molar-refractivity contribution in [3.8, 4) is 11.1 Å². The standard InChI is InChI=1S/C21H25FN4O4/c1-15(27)29-10-11-30-25-18-6-8-26(9-7-18)21-23-12-17(13-24-21)19-5-3-4-16(14-28-2)20(19)22/h3-5,12-13H,6-11,14H2,1-2H3. The molecule has 1 aromatic heterocycles. The lowest BCUT2D eigenvalue weighted by Crippen LogP contribution is -2.35. The average Bonchev–Trinajstić information content (AvgIpc) is 2.76. The quantitative estimate of drug-likeness (QED) is 0.371. The van der Waals surface area contributed by atoms with Crippen molar-refractivity contribution in [3.05, 3.63) is 42.0 Å². The Morgan fingerprint density at radius 3 is 2.60 bits per heavy atom. The molecule has 30 heavy (non-hydrogen) atoms. The Hall–Kier alpha value is -3.07. The van der Waals surface area contributed by atoms with Gasteiger partial charge in [0, 0.05) is 69.0 Å². The summed E-state index contributed by atoms with van der Waals surface area (Å²) in [6.07, 6.45) is 4.73. The number of aromatic nitrogens is 2. The van der Waals surface area contributed by atoms with Gasteiger partial charge in [-0.1, -0.05) is 23.4 Å². The third kappa shape index (κ3) is 5.73. The van der Waals surface area contributed by atoms with Crippen molar-refractivity contribution >= 4 is 17.6 Å². The monoisotopic (exact) mass is 416 g/mol. The number of nitrogens with zero attached hydrogens (tertiary/aromatic N) is 4. The van der Waals surface area contributed by atoms with Gasteiger partial charge in [0.2, 0.25) is 5.95 Å². The molecule has 0 bridgehead atoms. The van der Waals surface area contributed by atoms with Crippen LogP contribution in [0.4, 0.5) is 10.3 Å². The van der Waals surface area contributed by atoms with Crippen LogP contribution in [-0.4, -0.2) is 55.1 Å². The number of esters is 1. The molecular weight excluding hydrogens is 391 g/mol. The highest BCUT2D eigenvalue weighted by atomic mass is 19.1. The second-order valence-electron chi connectivity index (χ2n) is 6.80. The summed E-state index contributed by atoms with van der Waals surface area (Å²) in [6, 6.07) is 5.20. The zero-order valence-electron chi connectivity index (χ0n) is 17.1. The van der Waals surface area contributed by atoms with Crippen LogP contribution in [0.5, 0.6) is 0 Å². The predicted molar refractivity (Wildman–Crippen MR) is 110 cm³/mol. The van der Waals surface area contributed by atoms with Crippen LogP contribution in [0.1, 0.15) is 25.3 Å². The molecule has 1 aliphatic rings. The summed E-state index contributed by atoms with van der Waals surface area (Å²) in [7, 11) is 1.54. The number of ether oxygens (including phenoxy) is 2. The number of anilines is 1. The van der Waals surface area contributed by atoms with E-state index in [0.29, 0.717) is 35.7 Å². The maximum atomic E-state index is 14.6. The molecule has 0 radical (unpaired) electrons. The molecular formula is C21H25FN4O4. The maximum Gasteiger partial charge on any atom is 0.302 e. The van der Waals surface area contributed by atoms with Gasteiger partial charge < -0.3 is 19.2 Å². The minimum Gasteiger partial charge on any atom is -0.462 e. The average molecular weight is 416 g/mol. The molecule has 3 rings (SSSR count). The number of oxime groups is 1. The first kappa shape index (κ1) is 21.6. The van der Waals surface area contributed by atoms with Crippen LogP contribution in [-0.2, 0) is 25.7 Å². The summed E-state index contributed by atoms with van der Waals surface area (Å²) in [5.41, 5.74) is 2.52. The molecule has 1 saturated heterocycles. The molecule has 160 valence electrons. The van der Waals surface area contributed by atoms with Gasteiger partial charge >= 0.3 is 5.97 Å². The molecule has 0 N–H and O–H groups in total. The van der Waals surface area contributed by atoms with Gasteiger partial charge in [0.25, 0.3) is 0 Å². The molecule has 2 aromatic rings. The Balaban J connectivity index is 1.55. The summed E-state index contributed by atoms with van der Waals surface area (Å²) in [6.45, 7) is 3.41. The van der Waals surface area contributed by atoms with E-state index in [9.17, 15) is 9.18 Å². The van der Waals surface area contributed by atoms with E-state index in [1.165, 1.54) is 14.0 Å². The maximum absolute atomic E-state index is 14.6. The number of hydrogen-bond acceptors (Lipinski definition) is 8. The Morgan fingerprint density at radius 2 is 1.93 bits per heavy atom. The van der Waals surface area contributed by atoms with Crippen LogP contribution in [0.25, 0.3) is 11.1 Å². The second kappa shape index (κ2) is 10.6. The summed E-state index contributed by atoms with van der Waals surface area (Å²) in [5.74, 6) is -0.0544. The largest absolute Gasteiger partial charge is 0.462 e. The Morgan fingerprint density at radius 1 is 1.20 bits per heavy atom. The Labute approximate surface area is 174 Å². The fourth-order valence-electron chi connectivity index (χ4n) is 3.11. The zero-order valence-corrected chi connectivity index (χ0v) is 17.1. The van der Waals surface area contributed by atoms with Gasteiger partial charge in [-0.2, -0.15) is 0 Å². The van der Waals surface area contributed by atoms with Gasteiger partial charge in [0.1, 0.15) is 12.4 Å². The molecule has 8 nitrogen and oxygen atoms in total. The highest BCUT2D eigenvalue weighted by Gasteiger charge is 2.18. The van der Waals surface area contributed by atoms with E-state index in [-0.39, 0.29) is 31.6 Å². The van der Waals surface area contributed by atoms with Crippen molar-refractivity contribution in [2.75, 3.05) is 38.3 Å². The topological polar surface area (TPSA) is 86.1 Å². The molecule has 1 fully saturated rings. The van der Waals surface area contributed by atoms with Crippen molar-refractivity contribution in [1.29, 1.82) is 0 Å². The van der Waals surface area contributed by atoms with E-state index in [1.54, 1.807) is 30.6 Å². The third-order valence-corrected chi connectivity index (χ3v) is 4.62. The van der Waals surface area contributed by atoms with Gasteiger partial charge in [-0.05, 0) is 0 Å². The van der Waals surface area contributed by atoms with Crippen LogP contribution >= 0.6 is 0 Å². The molecule has 0 saturated carbocycles.